The molecule has 3 aliphatic rings. The molecule has 0 spiro atoms. The molecule has 1 amide bonds. The molecule has 0 fully saturated rings. The summed E-state index contributed by atoms with van der Waals surface area (Å²) in [7, 11) is 3.21. The summed E-state index contributed by atoms with van der Waals surface area (Å²) in [5, 5.41) is 33.5. The number of nitrogens with zero attached hydrogens (tertiary/aromatic N) is 1. The maximum atomic E-state index is 13.5. The number of allylic oxidation sites excluding steroid dienone is 1. The van der Waals surface area contributed by atoms with Crippen molar-refractivity contribution in [2.45, 2.75) is 31.4 Å². The lowest BCUT2D eigenvalue weighted by molar-refractivity contribution is -0.148. The Balaban J connectivity index is 1.99. The molecule has 4 atom stereocenters. The van der Waals surface area contributed by atoms with E-state index in [0.29, 0.717) is 28.7 Å². The number of fused-ring (bicyclic) bond motifs is 3. The fraction of sp³-hybridized carbons (Fsp3) is 0.375. The SMILES string of the molecule is C#Cc1ccc(C)c2c1C[C@H]1C[C@H]3[C@H](N(C)C)C(O)=C(C(N)=O)C(=O)[C@@]3(O)C(O)=C1C2=O. The first kappa shape index (κ1) is 21.8. The van der Waals surface area contributed by atoms with Gasteiger partial charge < -0.3 is 21.1 Å². The summed E-state index contributed by atoms with van der Waals surface area (Å²) in [6.45, 7) is 1.75. The number of carbonyl (C=O) groups is 3. The second kappa shape index (κ2) is 7.05. The highest BCUT2D eigenvalue weighted by atomic mass is 16.3. The van der Waals surface area contributed by atoms with Crippen molar-refractivity contribution < 1.29 is 29.7 Å². The van der Waals surface area contributed by atoms with Crippen LogP contribution in [0, 0.1) is 31.1 Å². The number of amides is 1. The zero-order valence-electron chi connectivity index (χ0n) is 18.0. The molecule has 1 aromatic carbocycles. The van der Waals surface area contributed by atoms with E-state index in [-0.39, 0.29) is 12.0 Å². The molecule has 32 heavy (non-hydrogen) atoms. The predicted molar refractivity (Wildman–Crippen MR) is 115 cm³/mol. The molecule has 3 aliphatic carbocycles. The summed E-state index contributed by atoms with van der Waals surface area (Å²) in [5.41, 5.74) is 4.18. The Bertz CT molecular complexity index is 1200. The third kappa shape index (κ3) is 2.62. The summed E-state index contributed by atoms with van der Waals surface area (Å²) < 4.78 is 0. The van der Waals surface area contributed by atoms with Gasteiger partial charge in [0.2, 0.25) is 5.78 Å². The van der Waals surface area contributed by atoms with E-state index in [1.54, 1.807) is 33.2 Å². The number of hydrogen-bond donors (Lipinski definition) is 4. The molecule has 4 rings (SSSR count). The minimum atomic E-state index is -2.57. The number of primary amides is 1. The van der Waals surface area contributed by atoms with Crippen LogP contribution in [0.2, 0.25) is 0 Å². The third-order valence-corrected chi connectivity index (χ3v) is 6.99. The van der Waals surface area contributed by atoms with Crippen LogP contribution in [-0.2, 0) is 16.0 Å². The van der Waals surface area contributed by atoms with Gasteiger partial charge in [0, 0.05) is 22.6 Å². The molecule has 1 aromatic rings. The van der Waals surface area contributed by atoms with Gasteiger partial charge in [-0.1, -0.05) is 12.0 Å². The minimum absolute atomic E-state index is 0.0652. The van der Waals surface area contributed by atoms with Crippen LogP contribution in [-0.4, -0.2) is 63.4 Å². The Morgan fingerprint density at radius 3 is 2.50 bits per heavy atom. The average Bonchev–Trinajstić information content (AvgIpc) is 2.70. The van der Waals surface area contributed by atoms with Gasteiger partial charge in [-0.2, -0.15) is 0 Å². The minimum Gasteiger partial charge on any atom is -0.510 e. The molecule has 0 aliphatic heterocycles. The molecule has 0 heterocycles. The molecule has 0 saturated carbocycles. The number of ketones is 2. The Labute approximate surface area is 185 Å². The standard InChI is InChI=1S/C24H24N2O6/c1-5-11-7-6-10(2)15-13(11)8-12-9-14-18(26(3)4)20(28)17(23(25)31)22(30)24(14,32)21(29)16(12)19(15)27/h1,6-7,12,14,18,28-29,32H,8-9H2,2-4H3,(H2,25,31)/t12-,14-,18-,24-/m0/s1. The summed E-state index contributed by atoms with van der Waals surface area (Å²) >= 11 is 0. The van der Waals surface area contributed by atoms with E-state index in [1.807, 2.05) is 0 Å². The normalized spacial score (nSPS) is 29.4. The van der Waals surface area contributed by atoms with Gasteiger partial charge in [-0.25, -0.2) is 0 Å². The summed E-state index contributed by atoms with van der Waals surface area (Å²) in [6, 6.07) is 2.49. The van der Waals surface area contributed by atoms with Gasteiger partial charge in [-0.05, 0) is 57.0 Å². The highest BCUT2D eigenvalue weighted by Crippen LogP contribution is 2.51. The van der Waals surface area contributed by atoms with Crippen molar-refractivity contribution >= 4 is 17.5 Å². The number of hydrogen-bond acceptors (Lipinski definition) is 7. The quantitative estimate of drug-likeness (QED) is 0.395. The van der Waals surface area contributed by atoms with Crippen molar-refractivity contribution in [2.75, 3.05) is 14.1 Å². The van der Waals surface area contributed by atoms with E-state index in [4.69, 9.17) is 12.2 Å². The van der Waals surface area contributed by atoms with Gasteiger partial charge in [0.15, 0.2) is 11.4 Å². The lowest BCUT2D eigenvalue weighted by Gasteiger charge is -2.50. The predicted octanol–water partition coefficient (Wildman–Crippen LogP) is 0.705. The maximum absolute atomic E-state index is 13.5. The Morgan fingerprint density at radius 1 is 1.28 bits per heavy atom. The third-order valence-electron chi connectivity index (χ3n) is 6.99. The first-order chi connectivity index (χ1) is 15.0. The maximum Gasteiger partial charge on any atom is 0.255 e. The Hall–Kier alpha value is -3.41. The molecule has 0 radical (unpaired) electrons. The molecular formula is C24H24N2O6. The van der Waals surface area contributed by atoms with Gasteiger partial charge in [0.05, 0.1) is 6.04 Å². The van der Waals surface area contributed by atoms with Gasteiger partial charge in [-0.15, -0.1) is 6.42 Å². The lowest BCUT2D eigenvalue weighted by Crippen LogP contribution is -2.63. The van der Waals surface area contributed by atoms with Crippen LogP contribution in [0.1, 0.15) is 33.5 Å². The fourth-order valence-corrected chi connectivity index (χ4v) is 5.58. The molecule has 0 aromatic heterocycles. The number of benzene rings is 1. The second-order valence-corrected chi connectivity index (χ2v) is 8.89. The number of terminal acetylenes is 1. The first-order valence-corrected chi connectivity index (χ1v) is 10.2. The molecule has 0 bridgehead atoms. The average molecular weight is 436 g/mol. The molecule has 8 heteroatoms. The molecule has 0 saturated heterocycles. The summed E-state index contributed by atoms with van der Waals surface area (Å²) in [6.07, 6.45) is 6.07. The van der Waals surface area contributed by atoms with Crippen LogP contribution in [0.5, 0.6) is 0 Å². The Kier molecular flexibility index (Phi) is 4.81. The molecule has 166 valence electrons. The van der Waals surface area contributed by atoms with Crippen LogP contribution >= 0.6 is 0 Å². The largest absolute Gasteiger partial charge is 0.510 e. The van der Waals surface area contributed by atoms with Crippen LogP contribution in [0.25, 0.3) is 0 Å². The van der Waals surface area contributed by atoms with E-state index >= 15 is 0 Å². The van der Waals surface area contributed by atoms with E-state index in [1.165, 1.54) is 4.90 Å². The number of nitrogens with two attached hydrogens (primary N) is 1. The van der Waals surface area contributed by atoms with Crippen molar-refractivity contribution in [2.24, 2.45) is 17.6 Å². The smallest absolute Gasteiger partial charge is 0.255 e. The number of Topliss-reactive ketones (excluding diaryl/α,β-unsaturated/α-hetero) is 2. The number of likely N-dealkylation sites (N-methyl/N-ethyl adjacent to an activating group) is 1. The van der Waals surface area contributed by atoms with Crippen LogP contribution in [0.15, 0.2) is 34.8 Å². The summed E-state index contributed by atoms with van der Waals surface area (Å²) in [5.74, 6) is -3.24. The van der Waals surface area contributed by atoms with Crippen molar-refractivity contribution in [1.82, 2.24) is 4.90 Å². The highest BCUT2D eigenvalue weighted by Gasteiger charge is 2.63. The molecule has 8 nitrogen and oxygen atoms in total. The number of rotatable bonds is 2. The van der Waals surface area contributed by atoms with Crippen molar-refractivity contribution in [3.05, 3.63) is 57.1 Å². The lowest BCUT2D eigenvalue weighted by atomic mass is 9.58. The van der Waals surface area contributed by atoms with Crippen LogP contribution in [0.4, 0.5) is 0 Å². The van der Waals surface area contributed by atoms with Gasteiger partial charge in [0.1, 0.15) is 17.1 Å². The number of aliphatic hydroxyl groups is 3. The molecular weight excluding hydrogens is 412 g/mol. The number of carbonyl (C=O) groups excluding carboxylic acids is 3. The van der Waals surface area contributed by atoms with E-state index in [0.717, 1.165) is 0 Å². The van der Waals surface area contributed by atoms with E-state index < -0.39 is 58.0 Å². The van der Waals surface area contributed by atoms with Crippen molar-refractivity contribution in [3.63, 3.8) is 0 Å². The first-order valence-electron chi connectivity index (χ1n) is 10.2. The number of aliphatic hydroxyl groups excluding tert-OH is 2. The molecule has 0 unspecified atom stereocenters. The zero-order valence-corrected chi connectivity index (χ0v) is 18.0. The summed E-state index contributed by atoms with van der Waals surface area (Å²) in [4.78, 5) is 40.2. The number of aryl methyl sites for hydroxylation is 1. The Morgan fingerprint density at radius 2 is 1.94 bits per heavy atom. The van der Waals surface area contributed by atoms with Crippen LogP contribution in [0.3, 0.4) is 0 Å². The van der Waals surface area contributed by atoms with E-state index in [9.17, 15) is 29.7 Å². The monoisotopic (exact) mass is 436 g/mol. The van der Waals surface area contributed by atoms with E-state index in [2.05, 4.69) is 5.92 Å². The van der Waals surface area contributed by atoms with Gasteiger partial charge in [0.25, 0.3) is 5.91 Å². The molecule has 5 N–H and O–H groups in total. The van der Waals surface area contributed by atoms with Crippen LogP contribution < -0.4 is 5.73 Å². The van der Waals surface area contributed by atoms with Gasteiger partial charge >= 0.3 is 0 Å². The zero-order chi connectivity index (χ0) is 23.7. The van der Waals surface area contributed by atoms with Gasteiger partial charge in [-0.3, -0.25) is 19.3 Å². The second-order valence-electron chi connectivity index (χ2n) is 8.89. The van der Waals surface area contributed by atoms with Crippen molar-refractivity contribution in [1.29, 1.82) is 0 Å². The fourth-order valence-electron chi connectivity index (χ4n) is 5.58. The highest BCUT2D eigenvalue weighted by molar-refractivity contribution is 6.24. The van der Waals surface area contributed by atoms with Crippen molar-refractivity contribution in [3.8, 4) is 12.3 Å². The topological polar surface area (TPSA) is 141 Å².